The minimum Gasteiger partial charge on any atom is -0.390 e. The standard InChI is InChI=1S/C12H24O/c1-4-5-6-7-8-9-10-11-12(2,3)13/h9-10,13H,4-8,11H2,1-3H3/b10-9-. The van der Waals surface area contributed by atoms with E-state index in [1.807, 2.05) is 13.8 Å². The first kappa shape index (κ1) is 12.7. The predicted molar refractivity (Wildman–Crippen MR) is 58.8 cm³/mol. The van der Waals surface area contributed by atoms with Gasteiger partial charge >= 0.3 is 0 Å². The average Bonchev–Trinajstić information content (AvgIpc) is 2.01. The molecule has 13 heavy (non-hydrogen) atoms. The summed E-state index contributed by atoms with van der Waals surface area (Å²) in [5, 5.41) is 9.41. The molecule has 0 unspecified atom stereocenters. The third-order valence-electron chi connectivity index (χ3n) is 2.01. The van der Waals surface area contributed by atoms with Crippen LogP contribution in [-0.2, 0) is 0 Å². The Bertz CT molecular complexity index is 131. The Labute approximate surface area is 82.9 Å². The van der Waals surface area contributed by atoms with Crippen LogP contribution < -0.4 is 0 Å². The quantitative estimate of drug-likeness (QED) is 0.473. The van der Waals surface area contributed by atoms with Gasteiger partial charge in [-0.05, 0) is 33.1 Å². The van der Waals surface area contributed by atoms with Gasteiger partial charge in [0.05, 0.1) is 5.60 Å². The van der Waals surface area contributed by atoms with Crippen molar-refractivity contribution in [2.75, 3.05) is 0 Å². The van der Waals surface area contributed by atoms with E-state index in [-0.39, 0.29) is 0 Å². The summed E-state index contributed by atoms with van der Waals surface area (Å²) in [4.78, 5) is 0. The van der Waals surface area contributed by atoms with Gasteiger partial charge in [0, 0.05) is 0 Å². The largest absolute Gasteiger partial charge is 0.390 e. The van der Waals surface area contributed by atoms with Gasteiger partial charge in [0.15, 0.2) is 0 Å². The molecule has 0 fully saturated rings. The summed E-state index contributed by atoms with van der Waals surface area (Å²) in [7, 11) is 0. The summed E-state index contributed by atoms with van der Waals surface area (Å²) in [6, 6.07) is 0. The van der Waals surface area contributed by atoms with Crippen molar-refractivity contribution < 1.29 is 5.11 Å². The molecule has 0 bridgehead atoms. The zero-order valence-corrected chi connectivity index (χ0v) is 9.34. The monoisotopic (exact) mass is 184 g/mol. The van der Waals surface area contributed by atoms with Crippen LogP contribution in [0, 0.1) is 0 Å². The van der Waals surface area contributed by atoms with E-state index in [1.54, 1.807) is 0 Å². The summed E-state index contributed by atoms with van der Waals surface area (Å²) in [5.74, 6) is 0. The third-order valence-corrected chi connectivity index (χ3v) is 2.01. The predicted octanol–water partition coefficient (Wildman–Crippen LogP) is 3.67. The SMILES string of the molecule is CCCCCC/C=C\CC(C)(C)O. The fourth-order valence-corrected chi connectivity index (χ4v) is 1.18. The minimum absolute atomic E-state index is 0.542. The molecule has 0 saturated carbocycles. The van der Waals surface area contributed by atoms with E-state index in [1.165, 1.54) is 25.7 Å². The summed E-state index contributed by atoms with van der Waals surface area (Å²) in [6.07, 6.45) is 11.5. The number of aliphatic hydroxyl groups is 1. The highest BCUT2D eigenvalue weighted by Crippen LogP contribution is 2.09. The van der Waals surface area contributed by atoms with E-state index in [0.29, 0.717) is 0 Å². The van der Waals surface area contributed by atoms with E-state index >= 15 is 0 Å². The summed E-state index contributed by atoms with van der Waals surface area (Å²) in [5.41, 5.74) is -0.542. The first-order chi connectivity index (χ1) is 6.06. The van der Waals surface area contributed by atoms with Crippen LogP contribution in [0.4, 0.5) is 0 Å². The Kier molecular flexibility index (Phi) is 6.97. The Morgan fingerprint density at radius 1 is 1.08 bits per heavy atom. The van der Waals surface area contributed by atoms with E-state index in [2.05, 4.69) is 19.1 Å². The van der Waals surface area contributed by atoms with E-state index < -0.39 is 5.60 Å². The molecule has 0 atom stereocenters. The molecule has 0 aromatic carbocycles. The van der Waals surface area contributed by atoms with Crippen LogP contribution in [0.2, 0.25) is 0 Å². The molecular formula is C12H24O. The Morgan fingerprint density at radius 2 is 1.77 bits per heavy atom. The van der Waals surface area contributed by atoms with Crippen molar-refractivity contribution >= 4 is 0 Å². The Hall–Kier alpha value is -0.300. The molecule has 0 spiro atoms. The van der Waals surface area contributed by atoms with Gasteiger partial charge in [-0.25, -0.2) is 0 Å². The molecule has 0 amide bonds. The average molecular weight is 184 g/mol. The first-order valence-corrected chi connectivity index (χ1v) is 5.43. The van der Waals surface area contributed by atoms with Gasteiger partial charge in [0.1, 0.15) is 0 Å². The van der Waals surface area contributed by atoms with Gasteiger partial charge < -0.3 is 5.11 Å². The second kappa shape index (κ2) is 7.14. The van der Waals surface area contributed by atoms with E-state index in [4.69, 9.17) is 0 Å². The topological polar surface area (TPSA) is 20.2 Å². The van der Waals surface area contributed by atoms with Crippen LogP contribution in [0.5, 0.6) is 0 Å². The maximum Gasteiger partial charge on any atom is 0.0626 e. The molecule has 0 radical (unpaired) electrons. The van der Waals surface area contributed by atoms with Crippen LogP contribution in [0.3, 0.4) is 0 Å². The highest BCUT2D eigenvalue weighted by Gasteiger charge is 2.08. The molecular weight excluding hydrogens is 160 g/mol. The molecule has 0 aromatic rings. The van der Waals surface area contributed by atoms with Gasteiger partial charge in [-0.15, -0.1) is 0 Å². The van der Waals surface area contributed by atoms with E-state index in [9.17, 15) is 5.11 Å². The molecule has 0 aromatic heterocycles. The number of allylic oxidation sites excluding steroid dienone is 1. The molecule has 0 aliphatic rings. The molecule has 0 saturated heterocycles. The Balaban J connectivity index is 3.22. The van der Waals surface area contributed by atoms with Crippen molar-refractivity contribution in [2.24, 2.45) is 0 Å². The van der Waals surface area contributed by atoms with Gasteiger partial charge in [0.25, 0.3) is 0 Å². The van der Waals surface area contributed by atoms with Crippen LogP contribution >= 0.6 is 0 Å². The fraction of sp³-hybridized carbons (Fsp3) is 0.833. The zero-order valence-electron chi connectivity index (χ0n) is 9.34. The van der Waals surface area contributed by atoms with Crippen LogP contribution in [0.1, 0.15) is 59.3 Å². The first-order valence-electron chi connectivity index (χ1n) is 5.43. The maximum atomic E-state index is 9.41. The van der Waals surface area contributed by atoms with Crippen LogP contribution in [0.15, 0.2) is 12.2 Å². The molecule has 1 nitrogen and oxygen atoms in total. The lowest BCUT2D eigenvalue weighted by Gasteiger charge is -2.13. The number of rotatable bonds is 7. The van der Waals surface area contributed by atoms with Crippen molar-refractivity contribution in [3.05, 3.63) is 12.2 Å². The highest BCUT2D eigenvalue weighted by molar-refractivity contribution is 4.87. The molecule has 0 aliphatic heterocycles. The third kappa shape index (κ3) is 11.7. The number of hydrogen-bond donors (Lipinski definition) is 1. The lowest BCUT2D eigenvalue weighted by Crippen LogP contribution is -2.16. The minimum atomic E-state index is -0.542. The normalized spacial score (nSPS) is 12.6. The zero-order chi connectivity index (χ0) is 10.2. The van der Waals surface area contributed by atoms with Crippen molar-refractivity contribution in [2.45, 2.75) is 64.9 Å². The molecule has 0 rings (SSSR count). The van der Waals surface area contributed by atoms with Crippen molar-refractivity contribution in [1.82, 2.24) is 0 Å². The summed E-state index contributed by atoms with van der Waals surface area (Å²) < 4.78 is 0. The lowest BCUT2D eigenvalue weighted by molar-refractivity contribution is 0.0838. The summed E-state index contributed by atoms with van der Waals surface area (Å²) >= 11 is 0. The second-order valence-electron chi connectivity index (χ2n) is 4.34. The molecule has 1 N–H and O–H groups in total. The van der Waals surface area contributed by atoms with Crippen LogP contribution in [-0.4, -0.2) is 10.7 Å². The molecule has 78 valence electrons. The van der Waals surface area contributed by atoms with Crippen molar-refractivity contribution in [3.63, 3.8) is 0 Å². The van der Waals surface area contributed by atoms with Gasteiger partial charge in [-0.2, -0.15) is 0 Å². The van der Waals surface area contributed by atoms with E-state index in [0.717, 1.165) is 12.8 Å². The molecule has 0 aliphatic carbocycles. The molecule has 1 heteroatoms. The van der Waals surface area contributed by atoms with Gasteiger partial charge in [0.2, 0.25) is 0 Å². The fourth-order valence-electron chi connectivity index (χ4n) is 1.18. The maximum absolute atomic E-state index is 9.41. The van der Waals surface area contributed by atoms with Gasteiger partial charge in [-0.3, -0.25) is 0 Å². The van der Waals surface area contributed by atoms with Crippen molar-refractivity contribution in [1.29, 1.82) is 0 Å². The highest BCUT2D eigenvalue weighted by atomic mass is 16.3. The number of unbranched alkanes of at least 4 members (excludes halogenated alkanes) is 4. The Morgan fingerprint density at radius 3 is 2.31 bits per heavy atom. The smallest absolute Gasteiger partial charge is 0.0626 e. The lowest BCUT2D eigenvalue weighted by atomic mass is 10.0. The van der Waals surface area contributed by atoms with Gasteiger partial charge in [-0.1, -0.05) is 38.3 Å². The summed E-state index contributed by atoms with van der Waals surface area (Å²) in [6.45, 7) is 5.91. The van der Waals surface area contributed by atoms with Crippen LogP contribution in [0.25, 0.3) is 0 Å². The second-order valence-corrected chi connectivity index (χ2v) is 4.34. The molecule has 0 heterocycles. The van der Waals surface area contributed by atoms with Crippen molar-refractivity contribution in [3.8, 4) is 0 Å². The number of hydrogen-bond acceptors (Lipinski definition) is 1.